The van der Waals surface area contributed by atoms with Crippen LogP contribution in [-0.4, -0.2) is 33.4 Å². The van der Waals surface area contributed by atoms with Gasteiger partial charge in [-0.15, -0.1) is 11.3 Å². The summed E-state index contributed by atoms with van der Waals surface area (Å²) < 4.78 is 0. The molecule has 3 aromatic rings. The number of hydrogen-bond acceptors (Lipinski definition) is 8. The number of benzene rings is 1. The van der Waals surface area contributed by atoms with Crippen LogP contribution in [0.4, 0.5) is 22.6 Å². The van der Waals surface area contributed by atoms with Crippen molar-refractivity contribution in [3.05, 3.63) is 52.2 Å². The molecule has 2 aliphatic carbocycles. The molecule has 6 rings (SSSR count). The zero-order chi connectivity index (χ0) is 21.5. The van der Waals surface area contributed by atoms with E-state index in [1.54, 1.807) is 17.5 Å². The Labute approximate surface area is 190 Å². The minimum atomic E-state index is -0.152. The molecule has 3 aliphatic rings. The first kappa shape index (κ1) is 19.6. The van der Waals surface area contributed by atoms with Crippen LogP contribution in [0, 0.1) is 0 Å². The maximum absolute atomic E-state index is 12.8. The number of nitrogens with zero attached hydrogens (tertiary/aromatic N) is 3. The first-order chi connectivity index (χ1) is 15.7. The monoisotopic (exact) mass is 447 g/mol. The van der Waals surface area contributed by atoms with Gasteiger partial charge in [0.25, 0.3) is 5.91 Å². The van der Waals surface area contributed by atoms with Crippen molar-refractivity contribution in [2.75, 3.05) is 17.2 Å². The van der Waals surface area contributed by atoms with Crippen LogP contribution in [0.15, 0.2) is 29.8 Å². The van der Waals surface area contributed by atoms with Crippen molar-refractivity contribution in [3.8, 4) is 0 Å². The van der Waals surface area contributed by atoms with Gasteiger partial charge in [-0.1, -0.05) is 6.07 Å². The van der Waals surface area contributed by atoms with Crippen LogP contribution >= 0.6 is 11.3 Å². The Morgan fingerprint density at radius 1 is 1.09 bits per heavy atom. The maximum atomic E-state index is 12.8. The van der Waals surface area contributed by atoms with E-state index in [9.17, 15) is 4.79 Å². The van der Waals surface area contributed by atoms with Crippen molar-refractivity contribution < 1.29 is 4.79 Å². The highest BCUT2D eigenvalue weighted by molar-refractivity contribution is 7.13. The fourth-order valence-corrected chi connectivity index (χ4v) is 4.68. The fourth-order valence-electron chi connectivity index (χ4n) is 3.89. The molecule has 2 fully saturated rings. The van der Waals surface area contributed by atoms with E-state index in [0.29, 0.717) is 23.2 Å². The first-order valence-corrected chi connectivity index (χ1v) is 12.1. The Morgan fingerprint density at radius 3 is 2.84 bits per heavy atom. The van der Waals surface area contributed by atoms with Gasteiger partial charge in [-0.25, -0.2) is 9.97 Å². The van der Waals surface area contributed by atoms with E-state index in [4.69, 9.17) is 4.98 Å². The molecule has 1 aliphatic heterocycles. The molecule has 1 aromatic carbocycles. The van der Waals surface area contributed by atoms with Crippen molar-refractivity contribution in [1.29, 1.82) is 0 Å². The van der Waals surface area contributed by atoms with Crippen LogP contribution in [0.5, 0.6) is 0 Å². The Morgan fingerprint density at radius 2 is 2.00 bits per heavy atom. The summed E-state index contributed by atoms with van der Waals surface area (Å²) in [6.45, 7) is 1.88. The molecule has 0 spiro atoms. The molecule has 0 bridgehead atoms. The van der Waals surface area contributed by atoms with Crippen LogP contribution in [0.25, 0.3) is 0 Å². The normalized spacial score (nSPS) is 17.5. The molecule has 9 heteroatoms. The van der Waals surface area contributed by atoms with Crippen LogP contribution < -0.4 is 21.3 Å². The number of carbonyl (C=O) groups excluding carboxylic acids is 1. The van der Waals surface area contributed by atoms with Crippen molar-refractivity contribution in [1.82, 2.24) is 25.6 Å². The summed E-state index contributed by atoms with van der Waals surface area (Å²) in [5.41, 5.74) is 5.14. The summed E-state index contributed by atoms with van der Waals surface area (Å²) in [5.74, 6) is 1.34. The van der Waals surface area contributed by atoms with Gasteiger partial charge in [0.1, 0.15) is 5.56 Å². The summed E-state index contributed by atoms with van der Waals surface area (Å²) in [4.78, 5) is 26.6. The molecule has 0 saturated heterocycles. The average Bonchev–Trinajstić information content (AvgIpc) is 3.74. The molecular formula is C23H25N7OS. The summed E-state index contributed by atoms with van der Waals surface area (Å²) in [6.07, 6.45) is 7.09. The lowest BCUT2D eigenvalue weighted by Crippen LogP contribution is -2.26. The standard InChI is InChI=1S/C23H25N7OS/c31-21(26-16-5-6-16)18-11-25-22(27-17-4-3-13-7-8-24-10-15(13)9-17)29-20(18)30-23-28-19(12-32-23)14-1-2-14/h3-4,9,11-12,14,16,24H,1-2,5-8,10H2,(H,26,31)(H2,25,27,28,29,30). The van der Waals surface area contributed by atoms with Gasteiger partial charge in [-0.2, -0.15) is 4.98 Å². The highest BCUT2D eigenvalue weighted by atomic mass is 32.1. The van der Waals surface area contributed by atoms with Gasteiger partial charge in [-0.3, -0.25) is 4.79 Å². The number of nitrogens with one attached hydrogen (secondary N) is 4. The molecule has 0 unspecified atom stereocenters. The predicted molar refractivity (Wildman–Crippen MR) is 125 cm³/mol. The van der Waals surface area contributed by atoms with Crippen molar-refractivity contribution >= 4 is 39.8 Å². The van der Waals surface area contributed by atoms with Gasteiger partial charge in [0.15, 0.2) is 10.9 Å². The average molecular weight is 448 g/mol. The maximum Gasteiger partial charge on any atom is 0.256 e. The summed E-state index contributed by atoms with van der Waals surface area (Å²) >= 11 is 1.54. The van der Waals surface area contributed by atoms with Crippen LogP contribution in [0.1, 0.15) is 58.8 Å². The SMILES string of the molecule is O=C(NC1CC1)c1cnc(Nc2ccc3c(c2)CNCC3)nc1Nc1nc(C2CC2)cs1. The quantitative estimate of drug-likeness (QED) is 0.436. The lowest BCUT2D eigenvalue weighted by atomic mass is 10.0. The van der Waals surface area contributed by atoms with Gasteiger partial charge >= 0.3 is 0 Å². The summed E-state index contributed by atoms with van der Waals surface area (Å²) in [5, 5.41) is 15.8. The highest BCUT2D eigenvalue weighted by Gasteiger charge is 2.28. The third-order valence-electron chi connectivity index (χ3n) is 6.04. The number of amides is 1. The van der Waals surface area contributed by atoms with E-state index in [1.807, 2.05) is 0 Å². The Balaban J connectivity index is 1.27. The van der Waals surface area contributed by atoms with Gasteiger partial charge in [0.05, 0.1) is 5.69 Å². The fraction of sp³-hybridized carbons (Fsp3) is 0.391. The second-order valence-electron chi connectivity index (χ2n) is 8.72. The van der Waals surface area contributed by atoms with Gasteiger partial charge in [-0.05, 0) is 61.9 Å². The molecule has 2 aromatic heterocycles. The van der Waals surface area contributed by atoms with Gasteiger partial charge in [0.2, 0.25) is 5.95 Å². The molecule has 3 heterocycles. The van der Waals surface area contributed by atoms with E-state index >= 15 is 0 Å². The molecule has 8 nitrogen and oxygen atoms in total. The van der Waals surface area contributed by atoms with E-state index in [-0.39, 0.29) is 11.9 Å². The number of rotatable bonds is 7. The Bertz CT molecular complexity index is 1170. The number of carbonyl (C=O) groups is 1. The number of fused-ring (bicyclic) bond motifs is 1. The minimum absolute atomic E-state index is 0.152. The Kier molecular flexibility index (Phi) is 4.99. The van der Waals surface area contributed by atoms with Crippen molar-refractivity contribution in [2.45, 2.75) is 50.6 Å². The molecule has 4 N–H and O–H groups in total. The first-order valence-electron chi connectivity index (χ1n) is 11.2. The topological polar surface area (TPSA) is 104 Å². The molecule has 32 heavy (non-hydrogen) atoms. The smallest absolute Gasteiger partial charge is 0.256 e. The molecule has 0 radical (unpaired) electrons. The predicted octanol–water partition coefficient (Wildman–Crippen LogP) is 3.84. The number of anilines is 4. The second-order valence-corrected chi connectivity index (χ2v) is 9.57. The largest absolute Gasteiger partial charge is 0.349 e. The number of hydrogen-bond donors (Lipinski definition) is 4. The van der Waals surface area contributed by atoms with Crippen LogP contribution in [-0.2, 0) is 13.0 Å². The third-order valence-corrected chi connectivity index (χ3v) is 6.81. The van der Waals surface area contributed by atoms with Gasteiger partial charge < -0.3 is 21.3 Å². The third kappa shape index (κ3) is 4.31. The highest BCUT2D eigenvalue weighted by Crippen LogP contribution is 2.41. The molecule has 2 saturated carbocycles. The molecule has 1 amide bonds. The molecule has 0 atom stereocenters. The second kappa shape index (κ2) is 8.14. The van der Waals surface area contributed by atoms with E-state index < -0.39 is 0 Å². The summed E-state index contributed by atoms with van der Waals surface area (Å²) in [7, 11) is 0. The van der Waals surface area contributed by atoms with Crippen molar-refractivity contribution in [3.63, 3.8) is 0 Å². The lowest BCUT2D eigenvalue weighted by molar-refractivity contribution is 0.0951. The zero-order valence-electron chi connectivity index (χ0n) is 17.6. The van der Waals surface area contributed by atoms with E-state index in [2.05, 4.69) is 54.8 Å². The van der Waals surface area contributed by atoms with Crippen LogP contribution in [0.3, 0.4) is 0 Å². The van der Waals surface area contributed by atoms with Gasteiger partial charge in [0, 0.05) is 35.8 Å². The molecular weight excluding hydrogens is 422 g/mol. The van der Waals surface area contributed by atoms with E-state index in [0.717, 1.165) is 48.9 Å². The van der Waals surface area contributed by atoms with Crippen molar-refractivity contribution in [2.24, 2.45) is 0 Å². The van der Waals surface area contributed by atoms with E-state index in [1.165, 1.54) is 24.0 Å². The lowest BCUT2D eigenvalue weighted by Gasteiger charge is -2.18. The minimum Gasteiger partial charge on any atom is -0.349 e. The molecule has 164 valence electrons. The van der Waals surface area contributed by atoms with Crippen LogP contribution in [0.2, 0.25) is 0 Å². The summed E-state index contributed by atoms with van der Waals surface area (Å²) in [6, 6.07) is 6.61. The number of aromatic nitrogens is 3. The Hall–Kier alpha value is -3.04. The zero-order valence-corrected chi connectivity index (χ0v) is 18.5. The number of thiazole rings is 1.